The van der Waals surface area contributed by atoms with Gasteiger partial charge < -0.3 is 15.1 Å². The SMILES string of the molecule is CC1CCN(c2ccc(Nc3cc(C(=O)N4CCCCC4)ncn3)cc2)CC1. The van der Waals surface area contributed by atoms with Gasteiger partial charge in [0, 0.05) is 43.6 Å². The van der Waals surface area contributed by atoms with Crippen molar-refractivity contribution in [3.8, 4) is 0 Å². The highest BCUT2D eigenvalue weighted by Gasteiger charge is 2.20. The number of aromatic nitrogens is 2. The van der Waals surface area contributed by atoms with E-state index in [4.69, 9.17) is 0 Å². The summed E-state index contributed by atoms with van der Waals surface area (Å²) in [7, 11) is 0. The summed E-state index contributed by atoms with van der Waals surface area (Å²) in [5.74, 6) is 1.48. The molecule has 6 heteroatoms. The summed E-state index contributed by atoms with van der Waals surface area (Å²) in [5.41, 5.74) is 2.68. The number of hydrogen-bond donors (Lipinski definition) is 1. The fourth-order valence-corrected chi connectivity index (χ4v) is 3.97. The normalized spacial score (nSPS) is 18.2. The lowest BCUT2D eigenvalue weighted by Crippen LogP contribution is -2.36. The highest BCUT2D eigenvalue weighted by atomic mass is 16.2. The molecule has 3 heterocycles. The molecule has 148 valence electrons. The number of nitrogens with zero attached hydrogens (tertiary/aromatic N) is 4. The van der Waals surface area contributed by atoms with E-state index in [1.54, 1.807) is 6.07 Å². The van der Waals surface area contributed by atoms with E-state index in [2.05, 4.69) is 51.4 Å². The van der Waals surface area contributed by atoms with E-state index in [0.29, 0.717) is 11.5 Å². The predicted octanol–water partition coefficient (Wildman–Crippen LogP) is 4.08. The zero-order chi connectivity index (χ0) is 19.3. The lowest BCUT2D eigenvalue weighted by Gasteiger charge is -2.32. The number of anilines is 3. The van der Waals surface area contributed by atoms with Crippen molar-refractivity contribution in [2.75, 3.05) is 36.4 Å². The number of nitrogens with one attached hydrogen (secondary N) is 1. The maximum absolute atomic E-state index is 12.6. The van der Waals surface area contributed by atoms with E-state index in [-0.39, 0.29) is 5.91 Å². The number of amides is 1. The first kappa shape index (κ1) is 18.7. The number of likely N-dealkylation sites (tertiary alicyclic amines) is 1. The molecule has 1 amide bonds. The lowest BCUT2D eigenvalue weighted by atomic mass is 9.99. The minimum Gasteiger partial charge on any atom is -0.372 e. The molecule has 0 atom stereocenters. The summed E-state index contributed by atoms with van der Waals surface area (Å²) < 4.78 is 0. The molecule has 1 aromatic heterocycles. The molecule has 2 saturated heterocycles. The summed E-state index contributed by atoms with van der Waals surface area (Å²) in [5, 5.41) is 3.30. The molecule has 1 aromatic carbocycles. The molecule has 6 nitrogen and oxygen atoms in total. The topological polar surface area (TPSA) is 61.4 Å². The molecule has 2 aliphatic rings. The first-order valence-corrected chi connectivity index (χ1v) is 10.4. The van der Waals surface area contributed by atoms with Crippen molar-refractivity contribution in [3.05, 3.63) is 42.4 Å². The predicted molar refractivity (Wildman–Crippen MR) is 112 cm³/mol. The molecule has 0 saturated carbocycles. The van der Waals surface area contributed by atoms with Gasteiger partial charge >= 0.3 is 0 Å². The van der Waals surface area contributed by atoms with E-state index in [0.717, 1.165) is 50.6 Å². The van der Waals surface area contributed by atoms with Crippen LogP contribution in [0.3, 0.4) is 0 Å². The van der Waals surface area contributed by atoms with Gasteiger partial charge in [0.2, 0.25) is 0 Å². The van der Waals surface area contributed by atoms with Crippen molar-refractivity contribution in [3.63, 3.8) is 0 Å². The van der Waals surface area contributed by atoms with Gasteiger partial charge in [-0.2, -0.15) is 0 Å². The Morgan fingerprint density at radius 1 is 1.00 bits per heavy atom. The molecule has 2 aliphatic heterocycles. The number of rotatable bonds is 4. The molecular weight excluding hydrogens is 350 g/mol. The molecule has 0 radical (unpaired) electrons. The fraction of sp³-hybridized carbons (Fsp3) is 0.500. The third-order valence-electron chi connectivity index (χ3n) is 5.82. The largest absolute Gasteiger partial charge is 0.372 e. The highest BCUT2D eigenvalue weighted by Crippen LogP contribution is 2.25. The molecule has 28 heavy (non-hydrogen) atoms. The van der Waals surface area contributed by atoms with Crippen molar-refractivity contribution in [1.29, 1.82) is 0 Å². The maximum atomic E-state index is 12.6. The van der Waals surface area contributed by atoms with E-state index in [9.17, 15) is 4.79 Å². The van der Waals surface area contributed by atoms with Crippen molar-refractivity contribution in [2.24, 2.45) is 5.92 Å². The Bertz CT molecular complexity index is 793. The Balaban J connectivity index is 1.40. The third kappa shape index (κ3) is 4.43. The van der Waals surface area contributed by atoms with Crippen molar-refractivity contribution in [1.82, 2.24) is 14.9 Å². The Labute approximate surface area is 167 Å². The molecule has 0 aliphatic carbocycles. The second-order valence-corrected chi connectivity index (χ2v) is 7.98. The van der Waals surface area contributed by atoms with Crippen LogP contribution in [0.4, 0.5) is 17.2 Å². The van der Waals surface area contributed by atoms with Gasteiger partial charge in [0.1, 0.15) is 17.8 Å². The number of benzene rings is 1. The number of hydrogen-bond acceptors (Lipinski definition) is 5. The molecule has 2 aromatic rings. The summed E-state index contributed by atoms with van der Waals surface area (Å²) in [6.45, 7) is 6.23. The second kappa shape index (κ2) is 8.59. The number of carbonyl (C=O) groups is 1. The van der Waals surface area contributed by atoms with Gasteiger partial charge in [-0.25, -0.2) is 9.97 Å². The van der Waals surface area contributed by atoms with E-state index in [1.165, 1.54) is 31.3 Å². The van der Waals surface area contributed by atoms with Crippen molar-refractivity contribution in [2.45, 2.75) is 39.0 Å². The van der Waals surface area contributed by atoms with Crippen LogP contribution in [0, 0.1) is 5.92 Å². The zero-order valence-electron chi connectivity index (χ0n) is 16.6. The van der Waals surface area contributed by atoms with E-state index < -0.39 is 0 Å². The maximum Gasteiger partial charge on any atom is 0.272 e. The first-order valence-electron chi connectivity index (χ1n) is 10.4. The van der Waals surface area contributed by atoms with Gasteiger partial charge in [0.05, 0.1) is 0 Å². The standard InChI is InChI=1S/C22H29N5O/c1-17-9-13-26(14-10-17)19-7-5-18(6-8-19)25-21-15-20(23-16-24-21)22(28)27-11-3-2-4-12-27/h5-8,15-17H,2-4,9-14H2,1H3,(H,23,24,25). The monoisotopic (exact) mass is 379 g/mol. The summed E-state index contributed by atoms with van der Waals surface area (Å²) in [6, 6.07) is 10.2. The van der Waals surface area contributed by atoms with Gasteiger partial charge in [-0.05, 0) is 62.3 Å². The Morgan fingerprint density at radius 3 is 2.43 bits per heavy atom. The Kier molecular flexibility index (Phi) is 5.74. The zero-order valence-corrected chi connectivity index (χ0v) is 16.6. The number of piperidine rings is 2. The van der Waals surface area contributed by atoms with Crippen molar-refractivity contribution < 1.29 is 4.79 Å². The average molecular weight is 380 g/mol. The molecule has 0 unspecified atom stereocenters. The number of carbonyl (C=O) groups excluding carboxylic acids is 1. The van der Waals surface area contributed by atoms with Gasteiger partial charge in [-0.1, -0.05) is 6.92 Å². The van der Waals surface area contributed by atoms with Crippen LogP contribution in [-0.2, 0) is 0 Å². The quantitative estimate of drug-likeness (QED) is 0.867. The van der Waals surface area contributed by atoms with Crippen molar-refractivity contribution >= 4 is 23.1 Å². The summed E-state index contributed by atoms with van der Waals surface area (Å²) >= 11 is 0. The minimum atomic E-state index is -0.000162. The van der Waals surface area contributed by atoms with E-state index >= 15 is 0 Å². The fourth-order valence-electron chi connectivity index (χ4n) is 3.97. The molecule has 1 N–H and O–H groups in total. The minimum absolute atomic E-state index is 0.000162. The second-order valence-electron chi connectivity index (χ2n) is 7.98. The molecule has 0 spiro atoms. The summed E-state index contributed by atoms with van der Waals surface area (Å²) in [4.78, 5) is 25.5. The van der Waals surface area contributed by atoms with Crippen LogP contribution in [0.5, 0.6) is 0 Å². The van der Waals surface area contributed by atoms with E-state index in [1.807, 2.05) is 4.90 Å². The van der Waals surface area contributed by atoms with Gasteiger partial charge in [0.15, 0.2) is 0 Å². The summed E-state index contributed by atoms with van der Waals surface area (Å²) in [6.07, 6.45) is 7.33. The molecule has 0 bridgehead atoms. The van der Waals surface area contributed by atoms with Crippen LogP contribution in [0.1, 0.15) is 49.5 Å². The van der Waals surface area contributed by atoms with Crippen LogP contribution in [0.25, 0.3) is 0 Å². The van der Waals surface area contributed by atoms with Crippen LogP contribution >= 0.6 is 0 Å². The highest BCUT2D eigenvalue weighted by molar-refractivity contribution is 5.93. The van der Waals surface area contributed by atoms with Crippen LogP contribution in [-0.4, -0.2) is 47.0 Å². The first-order chi connectivity index (χ1) is 13.7. The smallest absolute Gasteiger partial charge is 0.272 e. The molecular formula is C22H29N5O. The average Bonchev–Trinajstić information content (AvgIpc) is 2.75. The van der Waals surface area contributed by atoms with Gasteiger partial charge in [0.25, 0.3) is 5.91 Å². The van der Waals surface area contributed by atoms with Crippen LogP contribution in [0.15, 0.2) is 36.7 Å². The van der Waals surface area contributed by atoms with Gasteiger partial charge in [-0.15, -0.1) is 0 Å². The lowest BCUT2D eigenvalue weighted by molar-refractivity contribution is 0.0718. The van der Waals surface area contributed by atoms with Crippen LogP contribution in [0.2, 0.25) is 0 Å². The molecule has 2 fully saturated rings. The van der Waals surface area contributed by atoms with Crippen LogP contribution < -0.4 is 10.2 Å². The third-order valence-corrected chi connectivity index (χ3v) is 5.82. The Hall–Kier alpha value is -2.63. The molecule has 4 rings (SSSR count). The Morgan fingerprint density at radius 2 is 1.71 bits per heavy atom. The van der Waals surface area contributed by atoms with Gasteiger partial charge in [-0.3, -0.25) is 4.79 Å².